The van der Waals surface area contributed by atoms with Crippen molar-refractivity contribution in [3.8, 4) is 0 Å². The van der Waals surface area contributed by atoms with Gasteiger partial charge in [0.25, 0.3) is 0 Å². The number of rotatable bonds is 6. The molecule has 0 fully saturated rings. The van der Waals surface area contributed by atoms with Crippen LogP contribution in [-0.4, -0.2) is 33.8 Å². The summed E-state index contributed by atoms with van der Waals surface area (Å²) in [6, 6.07) is 8.20. The van der Waals surface area contributed by atoms with Crippen LogP contribution < -0.4 is 4.72 Å². The van der Waals surface area contributed by atoms with Crippen molar-refractivity contribution in [1.82, 2.24) is 4.72 Å². The molecule has 6 heteroatoms. The van der Waals surface area contributed by atoms with E-state index in [1.54, 1.807) is 6.92 Å². The van der Waals surface area contributed by atoms with Crippen molar-refractivity contribution in [3.05, 3.63) is 35.4 Å². The zero-order valence-corrected chi connectivity index (χ0v) is 14.1. The van der Waals surface area contributed by atoms with Gasteiger partial charge in [-0.1, -0.05) is 38.1 Å². The van der Waals surface area contributed by atoms with E-state index in [4.69, 9.17) is 0 Å². The van der Waals surface area contributed by atoms with Crippen LogP contribution in [0.1, 0.15) is 25.0 Å². The Labute approximate surface area is 132 Å². The lowest BCUT2D eigenvalue weighted by atomic mass is 9.88. The number of hydrogen-bond donors (Lipinski definition) is 1. The molecule has 1 aliphatic rings. The van der Waals surface area contributed by atoms with Gasteiger partial charge in [0.05, 0.1) is 18.8 Å². The molecule has 1 N–H and O–H groups in total. The monoisotopic (exact) mass is 325 g/mol. The van der Waals surface area contributed by atoms with Crippen LogP contribution in [0.2, 0.25) is 0 Å². The molecule has 0 heterocycles. The van der Waals surface area contributed by atoms with E-state index in [2.05, 4.69) is 28.5 Å². The highest BCUT2D eigenvalue weighted by atomic mass is 32.2. The second kappa shape index (κ2) is 6.38. The molecule has 1 aliphatic carbocycles. The van der Waals surface area contributed by atoms with E-state index in [-0.39, 0.29) is 11.2 Å². The number of benzene rings is 1. The molecule has 0 unspecified atom stereocenters. The summed E-state index contributed by atoms with van der Waals surface area (Å²) in [5.41, 5.74) is 2.45. The SMILES string of the molecule is COC(=O)[C@H](C)CS(=O)(=O)NCC1(C)Cc2ccccc2C1. The normalized spacial score (nSPS) is 17.8. The smallest absolute Gasteiger partial charge is 0.309 e. The molecule has 122 valence electrons. The molecular formula is C16H23NO4S. The van der Waals surface area contributed by atoms with Gasteiger partial charge in [-0.2, -0.15) is 0 Å². The molecule has 2 rings (SSSR count). The van der Waals surface area contributed by atoms with Crippen LogP contribution in [0, 0.1) is 11.3 Å². The number of nitrogens with one attached hydrogen (secondary N) is 1. The maximum absolute atomic E-state index is 12.1. The lowest BCUT2D eigenvalue weighted by molar-refractivity contribution is -0.144. The summed E-state index contributed by atoms with van der Waals surface area (Å²) < 4.78 is 31.4. The first-order valence-corrected chi connectivity index (χ1v) is 9.02. The van der Waals surface area contributed by atoms with E-state index < -0.39 is 21.9 Å². The Bertz CT molecular complexity index is 629. The van der Waals surface area contributed by atoms with Gasteiger partial charge in [0, 0.05) is 6.54 Å². The van der Waals surface area contributed by atoms with Gasteiger partial charge in [-0.15, -0.1) is 0 Å². The summed E-state index contributed by atoms with van der Waals surface area (Å²) in [5.74, 6) is -1.43. The fourth-order valence-electron chi connectivity index (χ4n) is 2.95. The summed E-state index contributed by atoms with van der Waals surface area (Å²) in [5, 5.41) is 0. The number of hydrogen-bond acceptors (Lipinski definition) is 4. The van der Waals surface area contributed by atoms with Crippen LogP contribution in [0.4, 0.5) is 0 Å². The topological polar surface area (TPSA) is 72.5 Å². The van der Waals surface area contributed by atoms with Crippen LogP contribution in [-0.2, 0) is 32.4 Å². The molecule has 22 heavy (non-hydrogen) atoms. The van der Waals surface area contributed by atoms with E-state index in [1.165, 1.54) is 18.2 Å². The van der Waals surface area contributed by atoms with Crippen molar-refractivity contribution >= 4 is 16.0 Å². The minimum Gasteiger partial charge on any atom is -0.469 e. The predicted molar refractivity (Wildman–Crippen MR) is 84.9 cm³/mol. The Morgan fingerprint density at radius 2 is 1.86 bits per heavy atom. The molecule has 1 aromatic rings. The van der Waals surface area contributed by atoms with Crippen LogP contribution in [0.15, 0.2) is 24.3 Å². The Kier molecular flexibility index (Phi) is 4.92. The molecule has 0 amide bonds. The Morgan fingerprint density at radius 1 is 1.32 bits per heavy atom. The maximum Gasteiger partial charge on any atom is 0.309 e. The number of sulfonamides is 1. The number of methoxy groups -OCH3 is 1. The third-order valence-corrected chi connectivity index (χ3v) is 5.67. The highest BCUT2D eigenvalue weighted by Crippen LogP contribution is 2.36. The first-order chi connectivity index (χ1) is 10.2. The zero-order chi connectivity index (χ0) is 16.4. The van der Waals surface area contributed by atoms with Gasteiger partial charge in [0.1, 0.15) is 0 Å². The number of carbonyl (C=O) groups excluding carboxylic acids is 1. The van der Waals surface area contributed by atoms with Crippen LogP contribution in [0.25, 0.3) is 0 Å². The number of carbonyl (C=O) groups is 1. The van der Waals surface area contributed by atoms with Crippen LogP contribution in [0.3, 0.4) is 0 Å². The highest BCUT2D eigenvalue weighted by Gasteiger charge is 2.34. The minimum absolute atomic E-state index is 0.120. The largest absolute Gasteiger partial charge is 0.469 e. The maximum atomic E-state index is 12.1. The minimum atomic E-state index is -3.50. The fourth-order valence-corrected chi connectivity index (χ4v) is 4.43. The quantitative estimate of drug-likeness (QED) is 0.805. The summed E-state index contributed by atoms with van der Waals surface area (Å²) in [6.07, 6.45) is 1.72. The highest BCUT2D eigenvalue weighted by molar-refractivity contribution is 7.89. The van der Waals surface area contributed by atoms with E-state index in [1.807, 2.05) is 12.1 Å². The average Bonchev–Trinajstić information content (AvgIpc) is 2.81. The molecule has 0 saturated heterocycles. The summed E-state index contributed by atoms with van der Waals surface area (Å²) in [4.78, 5) is 11.3. The van der Waals surface area contributed by atoms with Crippen molar-refractivity contribution in [2.75, 3.05) is 19.4 Å². The van der Waals surface area contributed by atoms with Crippen LogP contribution in [0.5, 0.6) is 0 Å². The predicted octanol–water partition coefficient (Wildman–Crippen LogP) is 1.52. The van der Waals surface area contributed by atoms with Gasteiger partial charge < -0.3 is 4.74 Å². The molecule has 0 saturated carbocycles. The Hall–Kier alpha value is -1.40. The number of esters is 1. The molecule has 1 atom stereocenters. The lowest BCUT2D eigenvalue weighted by Crippen LogP contribution is -2.39. The molecule has 0 radical (unpaired) electrons. The standard InChI is InChI=1S/C16H23NO4S/c1-12(15(18)21-3)10-22(19,20)17-11-16(2)8-13-6-4-5-7-14(13)9-16/h4-7,12,17H,8-11H2,1-3H3/t12-/m1/s1. The van der Waals surface area contributed by atoms with E-state index in [0.717, 1.165) is 12.8 Å². The third kappa shape index (κ3) is 4.08. The van der Waals surface area contributed by atoms with Crippen molar-refractivity contribution in [2.45, 2.75) is 26.7 Å². The molecule has 0 aromatic heterocycles. The number of fused-ring (bicyclic) bond motifs is 1. The van der Waals surface area contributed by atoms with Crippen molar-refractivity contribution < 1.29 is 17.9 Å². The second-order valence-corrected chi connectivity index (χ2v) is 8.31. The Balaban J connectivity index is 1.94. The van der Waals surface area contributed by atoms with E-state index in [0.29, 0.717) is 6.54 Å². The first-order valence-electron chi connectivity index (χ1n) is 7.37. The molecule has 0 bridgehead atoms. The van der Waals surface area contributed by atoms with Gasteiger partial charge in [0.15, 0.2) is 0 Å². The van der Waals surface area contributed by atoms with Crippen molar-refractivity contribution in [3.63, 3.8) is 0 Å². The van der Waals surface area contributed by atoms with Crippen LogP contribution >= 0.6 is 0 Å². The van der Waals surface area contributed by atoms with E-state index in [9.17, 15) is 13.2 Å². The summed E-state index contributed by atoms with van der Waals surface area (Å²) in [7, 11) is -2.24. The third-order valence-electron chi connectivity index (χ3n) is 4.14. The number of ether oxygens (including phenoxy) is 1. The van der Waals surface area contributed by atoms with Gasteiger partial charge in [-0.05, 0) is 29.4 Å². The molecule has 1 aromatic carbocycles. The average molecular weight is 325 g/mol. The molecule has 0 aliphatic heterocycles. The van der Waals surface area contributed by atoms with Gasteiger partial charge in [-0.3, -0.25) is 4.79 Å². The van der Waals surface area contributed by atoms with Gasteiger partial charge >= 0.3 is 5.97 Å². The molecule has 5 nitrogen and oxygen atoms in total. The molecule has 0 spiro atoms. The lowest BCUT2D eigenvalue weighted by Gasteiger charge is -2.24. The molecular weight excluding hydrogens is 302 g/mol. The van der Waals surface area contributed by atoms with E-state index >= 15 is 0 Å². The Morgan fingerprint density at radius 3 is 2.36 bits per heavy atom. The zero-order valence-electron chi connectivity index (χ0n) is 13.3. The summed E-state index contributed by atoms with van der Waals surface area (Å²) >= 11 is 0. The van der Waals surface area contributed by atoms with Crippen molar-refractivity contribution in [2.24, 2.45) is 11.3 Å². The fraction of sp³-hybridized carbons (Fsp3) is 0.562. The van der Waals surface area contributed by atoms with Gasteiger partial charge in [0.2, 0.25) is 10.0 Å². The summed E-state index contributed by atoms with van der Waals surface area (Å²) in [6.45, 7) is 4.01. The second-order valence-electron chi connectivity index (χ2n) is 6.46. The van der Waals surface area contributed by atoms with Gasteiger partial charge in [-0.25, -0.2) is 13.1 Å². The first kappa shape index (κ1) is 17.0. The van der Waals surface area contributed by atoms with Crippen molar-refractivity contribution in [1.29, 1.82) is 0 Å².